The Morgan fingerprint density at radius 2 is 2.04 bits per heavy atom. The summed E-state index contributed by atoms with van der Waals surface area (Å²) in [4.78, 5) is 24.4. The van der Waals surface area contributed by atoms with Crippen molar-refractivity contribution >= 4 is 23.7 Å². The third-order valence-electron chi connectivity index (χ3n) is 3.34. The third-order valence-corrected chi connectivity index (χ3v) is 4.30. The zero-order chi connectivity index (χ0) is 18.6. The molecular formula is C16H19N7O2S. The molecule has 0 radical (unpaired) electrons. The highest BCUT2D eigenvalue weighted by atomic mass is 32.2. The quantitative estimate of drug-likeness (QED) is 0.500. The molecule has 0 saturated heterocycles. The molecule has 0 unspecified atom stereocenters. The van der Waals surface area contributed by atoms with Crippen molar-refractivity contribution in [3.8, 4) is 11.4 Å². The van der Waals surface area contributed by atoms with Crippen molar-refractivity contribution in [2.45, 2.75) is 31.5 Å². The fourth-order valence-corrected chi connectivity index (χ4v) is 3.03. The summed E-state index contributed by atoms with van der Waals surface area (Å²) in [5.41, 5.74) is 5.82. The number of hydrogen-bond acceptors (Lipinski definition) is 8. The van der Waals surface area contributed by atoms with E-state index in [1.54, 1.807) is 30.7 Å². The number of thioether (sulfide) groups is 1. The normalized spacial score (nSPS) is 11.3. The van der Waals surface area contributed by atoms with Gasteiger partial charge in [0.1, 0.15) is 0 Å². The molecule has 0 bridgehead atoms. The maximum Gasteiger partial charge on any atom is 0.340 e. The number of amides is 1. The van der Waals surface area contributed by atoms with Crippen LogP contribution in [0.5, 0.6) is 0 Å². The third kappa shape index (κ3) is 4.39. The monoisotopic (exact) mass is 373 g/mol. The summed E-state index contributed by atoms with van der Waals surface area (Å²) in [6.07, 6.45) is 6.90. The van der Waals surface area contributed by atoms with Crippen LogP contribution in [0, 0.1) is 0 Å². The summed E-state index contributed by atoms with van der Waals surface area (Å²) in [5, 5.41) is 4.63. The van der Waals surface area contributed by atoms with Gasteiger partial charge in [-0.25, -0.2) is 10.4 Å². The van der Waals surface area contributed by atoms with Gasteiger partial charge in [0.15, 0.2) is 5.16 Å². The van der Waals surface area contributed by atoms with Gasteiger partial charge < -0.3 is 9.09 Å². The number of nitrogens with one attached hydrogen (secondary N) is 2. The first kappa shape index (κ1) is 17.9. The number of imidazole rings is 1. The predicted octanol–water partition coefficient (Wildman–Crippen LogP) is 2.32. The van der Waals surface area contributed by atoms with Crippen LogP contribution in [-0.2, 0) is 10.3 Å². The molecule has 0 saturated carbocycles. The van der Waals surface area contributed by atoms with E-state index in [0.29, 0.717) is 5.82 Å². The molecule has 3 heterocycles. The van der Waals surface area contributed by atoms with Gasteiger partial charge in [0.2, 0.25) is 11.7 Å². The average Bonchev–Trinajstić information content (AvgIpc) is 3.28. The van der Waals surface area contributed by atoms with Crippen molar-refractivity contribution in [1.29, 1.82) is 0 Å². The fraction of sp³-hybridized carbons (Fsp3) is 0.312. The molecule has 3 aromatic heterocycles. The molecule has 26 heavy (non-hydrogen) atoms. The van der Waals surface area contributed by atoms with Crippen LogP contribution in [0.3, 0.4) is 0 Å². The molecule has 3 rings (SSSR count). The van der Waals surface area contributed by atoms with Crippen molar-refractivity contribution in [1.82, 2.24) is 30.1 Å². The van der Waals surface area contributed by atoms with Crippen molar-refractivity contribution in [2.24, 2.45) is 0 Å². The number of carbonyl (C=O) groups excluding carboxylic acids is 1. The van der Waals surface area contributed by atoms with Crippen LogP contribution >= 0.6 is 11.8 Å². The molecule has 0 aromatic carbocycles. The van der Waals surface area contributed by atoms with Crippen LogP contribution in [0.15, 0.2) is 46.6 Å². The van der Waals surface area contributed by atoms with Crippen molar-refractivity contribution < 1.29 is 9.32 Å². The molecule has 0 aliphatic heterocycles. The van der Waals surface area contributed by atoms with E-state index in [0.717, 1.165) is 10.7 Å². The Kier molecular flexibility index (Phi) is 5.21. The van der Waals surface area contributed by atoms with Crippen molar-refractivity contribution in [3.63, 3.8) is 0 Å². The first-order chi connectivity index (χ1) is 12.4. The zero-order valence-corrected chi connectivity index (χ0v) is 15.4. The molecule has 1 amide bonds. The van der Waals surface area contributed by atoms with Crippen LogP contribution in [0.1, 0.15) is 20.8 Å². The van der Waals surface area contributed by atoms with Crippen LogP contribution in [-0.4, -0.2) is 36.3 Å². The Bertz CT molecular complexity index is 870. The number of pyridine rings is 1. The topological polar surface area (TPSA) is 111 Å². The lowest BCUT2D eigenvalue weighted by molar-refractivity contribution is -0.118. The molecule has 0 fully saturated rings. The van der Waals surface area contributed by atoms with Crippen LogP contribution in [0.2, 0.25) is 0 Å². The van der Waals surface area contributed by atoms with Gasteiger partial charge in [-0.1, -0.05) is 16.9 Å². The lowest BCUT2D eigenvalue weighted by atomic mass is 10.1. The van der Waals surface area contributed by atoms with E-state index < -0.39 is 0 Å². The Morgan fingerprint density at radius 3 is 2.77 bits per heavy atom. The van der Waals surface area contributed by atoms with Gasteiger partial charge in [-0.2, -0.15) is 4.98 Å². The van der Waals surface area contributed by atoms with Gasteiger partial charge in [0, 0.05) is 35.9 Å². The molecule has 2 N–H and O–H groups in total. The minimum atomic E-state index is -0.234. The average molecular weight is 373 g/mol. The van der Waals surface area contributed by atoms with E-state index in [2.05, 4.69) is 51.7 Å². The van der Waals surface area contributed by atoms with E-state index in [-0.39, 0.29) is 23.2 Å². The van der Waals surface area contributed by atoms with Gasteiger partial charge >= 0.3 is 6.01 Å². The molecule has 9 nitrogen and oxygen atoms in total. The van der Waals surface area contributed by atoms with Gasteiger partial charge in [-0.05, 0) is 32.9 Å². The maximum atomic E-state index is 12.0. The van der Waals surface area contributed by atoms with Gasteiger partial charge in [-0.15, -0.1) is 0 Å². The van der Waals surface area contributed by atoms with Crippen LogP contribution < -0.4 is 10.9 Å². The lowest BCUT2D eigenvalue weighted by Crippen LogP contribution is -2.31. The van der Waals surface area contributed by atoms with Gasteiger partial charge in [-0.3, -0.25) is 15.2 Å². The summed E-state index contributed by atoms with van der Waals surface area (Å²) in [7, 11) is 0. The molecule has 10 heteroatoms. The SMILES string of the molecule is CC(C)(C)n1ccnc1SCC(=O)NNc1nc(-c2ccncc2)no1. The van der Waals surface area contributed by atoms with Crippen LogP contribution in [0.4, 0.5) is 6.01 Å². The Balaban J connectivity index is 1.51. The number of aromatic nitrogens is 5. The van der Waals surface area contributed by atoms with E-state index >= 15 is 0 Å². The van der Waals surface area contributed by atoms with E-state index in [1.165, 1.54) is 11.8 Å². The minimum absolute atomic E-state index is 0.0966. The summed E-state index contributed by atoms with van der Waals surface area (Å²) < 4.78 is 7.08. The smallest absolute Gasteiger partial charge is 0.321 e. The van der Waals surface area contributed by atoms with Crippen molar-refractivity contribution in [3.05, 3.63) is 36.9 Å². The second-order valence-electron chi connectivity index (χ2n) is 6.37. The molecular weight excluding hydrogens is 354 g/mol. The molecule has 0 aliphatic carbocycles. The summed E-state index contributed by atoms with van der Waals surface area (Å²) in [6.45, 7) is 6.24. The number of anilines is 1. The highest BCUT2D eigenvalue weighted by Crippen LogP contribution is 2.23. The first-order valence-corrected chi connectivity index (χ1v) is 8.87. The molecule has 0 atom stereocenters. The number of hydrazine groups is 1. The highest BCUT2D eigenvalue weighted by Gasteiger charge is 2.18. The number of hydrogen-bond donors (Lipinski definition) is 2. The first-order valence-electron chi connectivity index (χ1n) is 7.89. The fourth-order valence-electron chi connectivity index (χ4n) is 2.09. The van der Waals surface area contributed by atoms with Crippen LogP contribution in [0.25, 0.3) is 11.4 Å². The lowest BCUT2D eigenvalue weighted by Gasteiger charge is -2.22. The van der Waals surface area contributed by atoms with Gasteiger partial charge in [0.05, 0.1) is 5.75 Å². The number of carbonyl (C=O) groups is 1. The summed E-state index contributed by atoms with van der Waals surface area (Å²) in [6, 6.07) is 3.63. The number of rotatable bonds is 6. The second kappa shape index (κ2) is 7.56. The molecule has 3 aromatic rings. The largest absolute Gasteiger partial charge is 0.340 e. The second-order valence-corrected chi connectivity index (χ2v) is 7.31. The Morgan fingerprint density at radius 1 is 1.27 bits per heavy atom. The van der Waals surface area contributed by atoms with E-state index in [4.69, 9.17) is 4.52 Å². The van der Waals surface area contributed by atoms with Crippen molar-refractivity contribution in [2.75, 3.05) is 11.2 Å². The standard InChI is InChI=1S/C16H19N7O2S/c1-16(2,3)23-9-8-18-15(23)26-10-12(24)20-21-14-19-13(22-25-14)11-4-6-17-7-5-11/h4-9H,10H2,1-3H3,(H,20,24)(H,19,21,22). The zero-order valence-electron chi connectivity index (χ0n) is 14.6. The van der Waals surface area contributed by atoms with Gasteiger partial charge in [0.25, 0.3) is 0 Å². The Labute approximate surface area is 154 Å². The van der Waals surface area contributed by atoms with E-state index in [1.807, 2.05) is 10.8 Å². The molecule has 0 aliphatic rings. The molecule has 136 valence electrons. The Hall–Kier alpha value is -2.88. The summed E-state index contributed by atoms with van der Waals surface area (Å²) in [5.74, 6) is 0.374. The maximum absolute atomic E-state index is 12.0. The minimum Gasteiger partial charge on any atom is -0.321 e. The van der Waals surface area contributed by atoms with E-state index in [9.17, 15) is 4.79 Å². The highest BCUT2D eigenvalue weighted by molar-refractivity contribution is 7.99. The predicted molar refractivity (Wildman–Crippen MR) is 97.2 cm³/mol. The summed E-state index contributed by atoms with van der Waals surface area (Å²) >= 11 is 1.35. The number of nitrogens with zero attached hydrogens (tertiary/aromatic N) is 5. The molecule has 0 spiro atoms.